The van der Waals surface area contributed by atoms with Crippen LogP contribution in [-0.2, 0) is 4.79 Å². The monoisotopic (exact) mass is 417 g/mol. The summed E-state index contributed by atoms with van der Waals surface area (Å²) in [5, 5.41) is 9.44. The molecule has 2 radical (unpaired) electrons. The Hall–Kier alpha value is -0.0351. The second-order valence-corrected chi connectivity index (χ2v) is 7.88. The smallest absolute Gasteiger partial charge is 0.308 e. The third-order valence-corrected chi connectivity index (χ3v) is 5.57. The van der Waals surface area contributed by atoms with E-state index >= 15 is 0 Å². The van der Waals surface area contributed by atoms with Gasteiger partial charge < -0.3 is 10.0 Å². The van der Waals surface area contributed by atoms with Gasteiger partial charge in [0, 0.05) is 25.6 Å². The lowest BCUT2D eigenvalue weighted by molar-refractivity contribution is -0.142. The minimum Gasteiger partial charge on any atom is -0.481 e. The zero-order valence-electron chi connectivity index (χ0n) is 13.8. The molecule has 0 aromatic rings. The van der Waals surface area contributed by atoms with Crippen LogP contribution in [0.1, 0.15) is 45.4 Å². The molecule has 0 amide bonds. The number of aliphatic carboxylic acids is 1. The third kappa shape index (κ3) is 6.61. The SMILES string of the molecule is [B]CCC[C@H]1CN(CC(CCCCC)C(=C)I)C[C@H]1C(=O)O. The number of nitrogens with zero attached hydrogens (tertiary/aromatic N) is 1. The first-order chi connectivity index (χ1) is 10.5. The summed E-state index contributed by atoms with van der Waals surface area (Å²) in [5.41, 5.74) is 0. The van der Waals surface area contributed by atoms with Gasteiger partial charge >= 0.3 is 5.97 Å². The van der Waals surface area contributed by atoms with Crippen LogP contribution >= 0.6 is 22.6 Å². The molecule has 3 atom stereocenters. The zero-order chi connectivity index (χ0) is 16.5. The fourth-order valence-corrected chi connectivity index (χ4v) is 3.87. The summed E-state index contributed by atoms with van der Waals surface area (Å²) < 4.78 is 1.20. The number of carbonyl (C=O) groups is 1. The summed E-state index contributed by atoms with van der Waals surface area (Å²) in [6, 6.07) is 0. The number of carboxylic acid groups (broad SMARTS) is 1. The van der Waals surface area contributed by atoms with Crippen LogP contribution in [0.15, 0.2) is 10.2 Å². The van der Waals surface area contributed by atoms with Gasteiger partial charge in [-0.05, 0) is 44.9 Å². The van der Waals surface area contributed by atoms with Gasteiger partial charge in [0.15, 0.2) is 0 Å². The van der Waals surface area contributed by atoms with Crippen LogP contribution in [0.5, 0.6) is 0 Å². The van der Waals surface area contributed by atoms with Crippen LogP contribution in [0, 0.1) is 17.8 Å². The van der Waals surface area contributed by atoms with Crippen LogP contribution in [0.4, 0.5) is 0 Å². The molecule has 1 heterocycles. The maximum atomic E-state index is 11.5. The molecule has 1 N–H and O–H groups in total. The van der Waals surface area contributed by atoms with Gasteiger partial charge in [-0.2, -0.15) is 0 Å². The average molecular weight is 417 g/mol. The van der Waals surface area contributed by atoms with Crippen molar-refractivity contribution in [1.82, 2.24) is 4.90 Å². The van der Waals surface area contributed by atoms with E-state index in [0.29, 0.717) is 18.8 Å². The van der Waals surface area contributed by atoms with Crippen molar-refractivity contribution in [3.8, 4) is 0 Å². The fourth-order valence-electron chi connectivity index (χ4n) is 3.36. The van der Waals surface area contributed by atoms with E-state index in [1.165, 1.54) is 22.8 Å². The van der Waals surface area contributed by atoms with Gasteiger partial charge in [-0.25, -0.2) is 0 Å². The fraction of sp³-hybridized carbons (Fsp3) is 0.824. The molecule has 0 aromatic heterocycles. The van der Waals surface area contributed by atoms with Crippen LogP contribution in [0.3, 0.4) is 0 Å². The summed E-state index contributed by atoms with van der Waals surface area (Å²) in [5.74, 6) is -0.152. The highest BCUT2D eigenvalue weighted by Gasteiger charge is 2.37. The molecular formula is C17H29BINO2. The van der Waals surface area contributed by atoms with Crippen LogP contribution < -0.4 is 0 Å². The quantitative estimate of drug-likeness (QED) is 0.312. The van der Waals surface area contributed by atoms with E-state index in [1.807, 2.05) is 0 Å². The molecule has 1 fully saturated rings. The molecule has 1 aliphatic heterocycles. The molecule has 5 heteroatoms. The largest absolute Gasteiger partial charge is 0.481 e. The van der Waals surface area contributed by atoms with Crippen LogP contribution in [0.25, 0.3) is 0 Å². The molecule has 22 heavy (non-hydrogen) atoms. The normalized spacial score (nSPS) is 23.5. The maximum Gasteiger partial charge on any atom is 0.308 e. The van der Waals surface area contributed by atoms with Crippen LogP contribution in [0.2, 0.25) is 6.32 Å². The molecule has 1 rings (SSSR count). The van der Waals surface area contributed by atoms with E-state index in [-0.39, 0.29) is 11.8 Å². The number of rotatable bonds is 11. The van der Waals surface area contributed by atoms with E-state index < -0.39 is 5.97 Å². The maximum absolute atomic E-state index is 11.5. The van der Waals surface area contributed by atoms with Gasteiger partial charge in [-0.15, -0.1) is 0 Å². The number of likely N-dealkylation sites (tertiary alicyclic amines) is 1. The molecule has 3 nitrogen and oxygen atoms in total. The molecule has 0 spiro atoms. The summed E-state index contributed by atoms with van der Waals surface area (Å²) in [6.07, 6.45) is 7.38. The van der Waals surface area contributed by atoms with Crippen molar-refractivity contribution in [2.24, 2.45) is 17.8 Å². The minimum atomic E-state index is -0.652. The molecule has 124 valence electrons. The standard InChI is InChI=1S/C17H29BINO2/c1-3-4-5-7-14(13(2)19)10-20-11-15(8-6-9-18)16(12-20)17(21)22/h14-16H,2-12H2,1H3,(H,21,22)/t14?,15-,16+/m0/s1. The highest BCUT2D eigenvalue weighted by Crippen LogP contribution is 2.31. The highest BCUT2D eigenvalue weighted by atomic mass is 127. The Morgan fingerprint density at radius 2 is 2.14 bits per heavy atom. The van der Waals surface area contributed by atoms with Crippen molar-refractivity contribution in [2.75, 3.05) is 19.6 Å². The summed E-state index contributed by atoms with van der Waals surface area (Å²) >= 11 is 2.34. The highest BCUT2D eigenvalue weighted by molar-refractivity contribution is 14.1. The molecule has 1 saturated heterocycles. The second-order valence-electron chi connectivity index (χ2n) is 6.49. The van der Waals surface area contributed by atoms with Crippen molar-refractivity contribution >= 4 is 36.4 Å². The Balaban J connectivity index is 2.55. The number of unbranched alkanes of at least 4 members (excludes halogenated alkanes) is 2. The van der Waals surface area contributed by atoms with E-state index in [1.54, 1.807) is 0 Å². The predicted molar refractivity (Wildman–Crippen MR) is 102 cm³/mol. The van der Waals surface area contributed by atoms with Crippen molar-refractivity contribution in [3.05, 3.63) is 10.2 Å². The summed E-state index contributed by atoms with van der Waals surface area (Å²) in [6.45, 7) is 8.87. The van der Waals surface area contributed by atoms with Gasteiger partial charge in [0.2, 0.25) is 0 Å². The second kappa shape index (κ2) is 10.7. The Morgan fingerprint density at radius 3 is 2.68 bits per heavy atom. The zero-order valence-corrected chi connectivity index (χ0v) is 15.9. The summed E-state index contributed by atoms with van der Waals surface area (Å²) in [4.78, 5) is 13.8. The first-order valence-electron chi connectivity index (χ1n) is 8.49. The number of hydrogen-bond donors (Lipinski definition) is 1. The lowest BCUT2D eigenvalue weighted by Crippen LogP contribution is -2.29. The molecule has 0 saturated carbocycles. The Labute approximate surface area is 150 Å². The molecule has 0 aromatic carbocycles. The van der Waals surface area contributed by atoms with E-state index in [0.717, 1.165) is 32.4 Å². The van der Waals surface area contributed by atoms with Gasteiger partial charge in [-0.1, -0.05) is 45.5 Å². The number of halogens is 1. The Kier molecular flexibility index (Phi) is 9.72. The van der Waals surface area contributed by atoms with E-state index in [4.69, 9.17) is 7.85 Å². The molecular weight excluding hydrogens is 388 g/mol. The van der Waals surface area contributed by atoms with E-state index in [2.05, 4.69) is 41.0 Å². The van der Waals surface area contributed by atoms with Crippen LogP contribution in [-0.4, -0.2) is 43.5 Å². The number of carboxylic acids is 1. The lowest BCUT2D eigenvalue weighted by Gasteiger charge is -2.23. The molecule has 1 unspecified atom stereocenters. The Morgan fingerprint density at radius 1 is 1.41 bits per heavy atom. The summed E-state index contributed by atoms with van der Waals surface area (Å²) in [7, 11) is 5.58. The minimum absolute atomic E-state index is 0.231. The molecule has 0 aliphatic carbocycles. The van der Waals surface area contributed by atoms with Crippen molar-refractivity contribution in [2.45, 2.75) is 51.8 Å². The van der Waals surface area contributed by atoms with Gasteiger partial charge in [0.1, 0.15) is 0 Å². The van der Waals surface area contributed by atoms with Gasteiger partial charge in [0.25, 0.3) is 0 Å². The van der Waals surface area contributed by atoms with Crippen molar-refractivity contribution in [3.63, 3.8) is 0 Å². The number of hydrogen-bond acceptors (Lipinski definition) is 2. The molecule has 0 bridgehead atoms. The van der Waals surface area contributed by atoms with Gasteiger partial charge in [0.05, 0.1) is 13.8 Å². The third-order valence-electron chi connectivity index (χ3n) is 4.69. The Bertz CT molecular complexity index is 365. The predicted octanol–water partition coefficient (Wildman–Crippen LogP) is 4.13. The molecule has 1 aliphatic rings. The van der Waals surface area contributed by atoms with Crippen molar-refractivity contribution < 1.29 is 9.90 Å². The average Bonchev–Trinajstić information content (AvgIpc) is 2.87. The van der Waals surface area contributed by atoms with Crippen molar-refractivity contribution in [1.29, 1.82) is 0 Å². The topological polar surface area (TPSA) is 40.5 Å². The van der Waals surface area contributed by atoms with Gasteiger partial charge in [-0.3, -0.25) is 4.79 Å². The first kappa shape index (κ1) is 20.0. The van der Waals surface area contributed by atoms with E-state index in [9.17, 15) is 9.90 Å². The lowest BCUT2D eigenvalue weighted by atomic mass is 9.88. The first-order valence-corrected chi connectivity index (χ1v) is 9.56.